The Morgan fingerprint density at radius 3 is 2.80 bits per heavy atom. The lowest BCUT2D eigenvalue weighted by Crippen LogP contribution is -2.45. The molecule has 0 radical (unpaired) electrons. The fraction of sp³-hybridized carbons (Fsp3) is 0.421. The Morgan fingerprint density at radius 1 is 1.32 bits per heavy atom. The van der Waals surface area contributed by atoms with Crippen LogP contribution in [0.25, 0.3) is 0 Å². The number of hydrogen-bond acceptors (Lipinski definition) is 4. The zero-order valence-electron chi connectivity index (χ0n) is 14.6. The van der Waals surface area contributed by atoms with Crippen molar-refractivity contribution < 1.29 is 13.9 Å². The highest BCUT2D eigenvalue weighted by Crippen LogP contribution is 2.25. The summed E-state index contributed by atoms with van der Waals surface area (Å²) in [7, 11) is 1.60. The van der Waals surface area contributed by atoms with Gasteiger partial charge in [0.2, 0.25) is 0 Å². The van der Waals surface area contributed by atoms with Crippen molar-refractivity contribution in [1.29, 1.82) is 0 Å². The summed E-state index contributed by atoms with van der Waals surface area (Å²) >= 11 is 0. The second kappa shape index (κ2) is 8.07. The minimum atomic E-state index is -0.302. The Hall–Kier alpha value is -2.47. The highest BCUT2D eigenvalue weighted by molar-refractivity contribution is 5.75. The number of urea groups is 1. The highest BCUT2D eigenvalue weighted by atomic mass is 16.5. The van der Waals surface area contributed by atoms with Crippen LogP contribution in [0.2, 0.25) is 0 Å². The lowest BCUT2D eigenvalue weighted by molar-refractivity contribution is 0.156. The molecule has 0 spiro atoms. The number of amides is 2. The van der Waals surface area contributed by atoms with E-state index in [9.17, 15) is 4.79 Å². The number of hydrogen-bond donors (Lipinski definition) is 2. The van der Waals surface area contributed by atoms with E-state index in [-0.39, 0.29) is 18.1 Å². The van der Waals surface area contributed by atoms with Crippen molar-refractivity contribution in [2.75, 3.05) is 25.2 Å². The average Bonchev–Trinajstić information content (AvgIpc) is 3.25. The summed E-state index contributed by atoms with van der Waals surface area (Å²) in [5, 5.41) is 6.00. The van der Waals surface area contributed by atoms with Crippen molar-refractivity contribution in [3.63, 3.8) is 0 Å². The van der Waals surface area contributed by atoms with Gasteiger partial charge in [0.25, 0.3) is 0 Å². The highest BCUT2D eigenvalue weighted by Gasteiger charge is 2.30. The maximum absolute atomic E-state index is 12.4. The van der Waals surface area contributed by atoms with E-state index in [1.165, 1.54) is 5.69 Å². The number of para-hydroxylation sites is 1. The first-order chi connectivity index (χ1) is 12.2. The van der Waals surface area contributed by atoms with Crippen molar-refractivity contribution in [1.82, 2.24) is 10.6 Å². The van der Waals surface area contributed by atoms with E-state index in [4.69, 9.17) is 9.15 Å². The third-order valence-corrected chi connectivity index (χ3v) is 4.52. The van der Waals surface area contributed by atoms with Gasteiger partial charge in [-0.05, 0) is 37.6 Å². The number of carbonyl (C=O) groups is 1. The van der Waals surface area contributed by atoms with E-state index in [1.807, 2.05) is 24.3 Å². The number of rotatable bonds is 6. The summed E-state index contributed by atoms with van der Waals surface area (Å²) in [6.45, 7) is 3.34. The number of ether oxygens (including phenoxy) is 1. The Balaban J connectivity index is 1.56. The molecule has 25 heavy (non-hydrogen) atoms. The normalized spacial score (nSPS) is 21.1. The van der Waals surface area contributed by atoms with Crippen molar-refractivity contribution in [2.24, 2.45) is 0 Å². The molecule has 0 saturated carbocycles. The lowest BCUT2D eigenvalue weighted by Gasteiger charge is -2.23. The van der Waals surface area contributed by atoms with Crippen molar-refractivity contribution in [3.05, 3.63) is 54.5 Å². The molecule has 3 rings (SSSR count). The van der Waals surface area contributed by atoms with E-state index in [0.717, 1.165) is 13.0 Å². The molecule has 2 heterocycles. The first-order valence-electron chi connectivity index (χ1n) is 8.58. The van der Waals surface area contributed by atoms with Gasteiger partial charge in [-0.2, -0.15) is 0 Å². The summed E-state index contributed by atoms with van der Waals surface area (Å²) in [5.74, 6) is 0.683. The molecule has 6 nitrogen and oxygen atoms in total. The summed E-state index contributed by atoms with van der Waals surface area (Å²) < 4.78 is 10.6. The van der Waals surface area contributed by atoms with E-state index in [2.05, 4.69) is 34.6 Å². The Bertz CT molecular complexity index is 660. The predicted octanol–water partition coefficient (Wildman–Crippen LogP) is 2.93. The van der Waals surface area contributed by atoms with Gasteiger partial charge in [-0.3, -0.25) is 0 Å². The first kappa shape index (κ1) is 17.4. The number of nitrogens with zero attached hydrogens (tertiary/aromatic N) is 1. The van der Waals surface area contributed by atoms with Crippen LogP contribution in [0.1, 0.15) is 25.1 Å². The smallest absolute Gasteiger partial charge is 0.315 e. The van der Waals surface area contributed by atoms with Crippen LogP contribution in [0.5, 0.6) is 0 Å². The fourth-order valence-electron chi connectivity index (χ4n) is 3.35. The van der Waals surface area contributed by atoms with Gasteiger partial charge in [0.05, 0.1) is 18.9 Å². The zero-order valence-corrected chi connectivity index (χ0v) is 14.6. The van der Waals surface area contributed by atoms with Gasteiger partial charge < -0.3 is 24.7 Å². The quantitative estimate of drug-likeness (QED) is 0.846. The van der Waals surface area contributed by atoms with Crippen LogP contribution in [0.3, 0.4) is 0 Å². The SMILES string of the molecule is COC[C@H](NC(=O)N[C@@H]1C[C@H](C)N(c2ccccc2)C1)c1ccco1. The van der Waals surface area contributed by atoms with Crippen LogP contribution in [0, 0.1) is 0 Å². The first-order valence-corrected chi connectivity index (χ1v) is 8.58. The Labute approximate surface area is 148 Å². The molecule has 1 aromatic heterocycles. The zero-order chi connectivity index (χ0) is 17.6. The van der Waals surface area contributed by atoms with Gasteiger partial charge in [0.15, 0.2) is 0 Å². The van der Waals surface area contributed by atoms with Gasteiger partial charge in [-0.25, -0.2) is 4.79 Å². The summed E-state index contributed by atoms with van der Waals surface area (Å²) in [6, 6.07) is 13.9. The molecule has 2 aromatic rings. The average molecular weight is 343 g/mol. The van der Waals surface area contributed by atoms with Gasteiger partial charge in [-0.1, -0.05) is 18.2 Å². The van der Waals surface area contributed by atoms with Crippen LogP contribution < -0.4 is 15.5 Å². The van der Waals surface area contributed by atoms with Crippen LogP contribution >= 0.6 is 0 Å². The molecule has 2 N–H and O–H groups in total. The van der Waals surface area contributed by atoms with Crippen LogP contribution in [0.4, 0.5) is 10.5 Å². The third-order valence-electron chi connectivity index (χ3n) is 4.52. The largest absolute Gasteiger partial charge is 0.467 e. The predicted molar refractivity (Wildman–Crippen MR) is 96.6 cm³/mol. The topological polar surface area (TPSA) is 66.7 Å². The number of benzene rings is 1. The van der Waals surface area contributed by atoms with Gasteiger partial charge in [0, 0.05) is 25.4 Å². The van der Waals surface area contributed by atoms with Gasteiger partial charge in [0.1, 0.15) is 11.8 Å². The van der Waals surface area contributed by atoms with E-state index < -0.39 is 0 Å². The Morgan fingerprint density at radius 2 is 2.12 bits per heavy atom. The molecule has 3 atom stereocenters. The summed E-state index contributed by atoms with van der Waals surface area (Å²) in [4.78, 5) is 14.7. The second-order valence-corrected chi connectivity index (χ2v) is 6.41. The standard InChI is InChI=1S/C19H25N3O3/c1-14-11-15(12-22(14)16-7-4-3-5-8-16)20-19(23)21-17(13-24-2)18-9-6-10-25-18/h3-10,14-15,17H,11-13H2,1-2H3,(H2,20,21,23)/t14-,15+,17-/m0/s1. The lowest BCUT2D eigenvalue weighted by atomic mass is 10.2. The molecule has 1 aliphatic heterocycles. The van der Waals surface area contributed by atoms with Crippen molar-refractivity contribution >= 4 is 11.7 Å². The molecular formula is C19H25N3O3. The number of nitrogens with one attached hydrogen (secondary N) is 2. The third kappa shape index (κ3) is 4.33. The molecule has 2 amide bonds. The molecule has 0 bridgehead atoms. The maximum atomic E-state index is 12.4. The van der Waals surface area contributed by atoms with E-state index >= 15 is 0 Å². The van der Waals surface area contributed by atoms with Crippen LogP contribution in [-0.4, -0.2) is 38.4 Å². The van der Waals surface area contributed by atoms with Crippen molar-refractivity contribution in [3.8, 4) is 0 Å². The number of methoxy groups -OCH3 is 1. The maximum Gasteiger partial charge on any atom is 0.315 e. The molecule has 1 aromatic carbocycles. The second-order valence-electron chi connectivity index (χ2n) is 6.41. The summed E-state index contributed by atoms with van der Waals surface area (Å²) in [5.41, 5.74) is 1.19. The molecule has 1 fully saturated rings. The molecular weight excluding hydrogens is 318 g/mol. The van der Waals surface area contributed by atoms with Gasteiger partial charge >= 0.3 is 6.03 Å². The van der Waals surface area contributed by atoms with Crippen molar-refractivity contribution in [2.45, 2.75) is 31.5 Å². The minimum absolute atomic E-state index is 0.106. The number of anilines is 1. The molecule has 0 unspecified atom stereocenters. The Kier molecular flexibility index (Phi) is 5.60. The molecule has 1 aliphatic rings. The molecule has 134 valence electrons. The molecule has 6 heteroatoms. The number of furan rings is 1. The van der Waals surface area contributed by atoms with Crippen LogP contribution in [0.15, 0.2) is 53.1 Å². The molecule has 0 aliphatic carbocycles. The summed E-state index contributed by atoms with van der Waals surface area (Å²) in [6.07, 6.45) is 2.51. The fourth-order valence-corrected chi connectivity index (χ4v) is 3.35. The van der Waals surface area contributed by atoms with Crippen LogP contribution in [-0.2, 0) is 4.74 Å². The monoisotopic (exact) mass is 343 g/mol. The minimum Gasteiger partial charge on any atom is -0.467 e. The van der Waals surface area contributed by atoms with E-state index in [0.29, 0.717) is 18.4 Å². The molecule has 1 saturated heterocycles. The van der Waals surface area contributed by atoms with E-state index in [1.54, 1.807) is 19.4 Å². The number of carbonyl (C=O) groups excluding carboxylic acids is 1. The van der Waals surface area contributed by atoms with Gasteiger partial charge in [-0.15, -0.1) is 0 Å².